The minimum Gasteiger partial charge on any atom is -0.391 e. The Labute approximate surface area is 164 Å². The first-order chi connectivity index (χ1) is 13.7. The molecule has 1 saturated heterocycles. The van der Waals surface area contributed by atoms with Gasteiger partial charge in [-0.3, -0.25) is 9.78 Å². The summed E-state index contributed by atoms with van der Waals surface area (Å²) in [6.07, 6.45) is 8.38. The van der Waals surface area contributed by atoms with Crippen LogP contribution in [0.1, 0.15) is 40.0 Å². The van der Waals surface area contributed by atoms with E-state index in [2.05, 4.69) is 16.0 Å². The van der Waals surface area contributed by atoms with Gasteiger partial charge in [-0.15, -0.1) is 0 Å². The van der Waals surface area contributed by atoms with Crippen LogP contribution in [0.25, 0.3) is 10.9 Å². The number of aryl methyl sites for hydroxylation is 2. The van der Waals surface area contributed by atoms with E-state index in [0.29, 0.717) is 13.1 Å². The van der Waals surface area contributed by atoms with E-state index >= 15 is 0 Å². The maximum atomic E-state index is 13.3. The SMILES string of the molecule is O=C(c1cccc2c3c([nH]c12)CCCC3)N1CC(O)C(Cc2ccncc2)C1. The molecular formula is C23H25N3O2. The molecule has 5 heteroatoms. The van der Waals surface area contributed by atoms with Gasteiger partial charge in [0.05, 0.1) is 17.2 Å². The molecule has 3 aromatic rings. The van der Waals surface area contributed by atoms with E-state index in [-0.39, 0.29) is 11.8 Å². The van der Waals surface area contributed by atoms with Crippen LogP contribution in [-0.4, -0.2) is 45.1 Å². The summed E-state index contributed by atoms with van der Waals surface area (Å²) in [6, 6.07) is 9.97. The molecule has 1 amide bonds. The number of β-amino-alcohol motifs (C(OH)–C–C–N with tert-alkyl or cyclic N) is 1. The lowest BCUT2D eigenvalue weighted by Gasteiger charge is -2.17. The first-order valence-corrected chi connectivity index (χ1v) is 10.2. The summed E-state index contributed by atoms with van der Waals surface area (Å²) >= 11 is 0. The highest BCUT2D eigenvalue weighted by Crippen LogP contribution is 2.32. The van der Waals surface area contributed by atoms with Crippen LogP contribution >= 0.6 is 0 Å². The second-order valence-corrected chi connectivity index (χ2v) is 8.11. The molecule has 1 aliphatic heterocycles. The van der Waals surface area contributed by atoms with Crippen molar-refractivity contribution in [3.63, 3.8) is 0 Å². The number of para-hydroxylation sites is 1. The predicted octanol–water partition coefficient (Wildman–Crippen LogP) is 3.12. The van der Waals surface area contributed by atoms with Gasteiger partial charge in [0.25, 0.3) is 5.91 Å². The van der Waals surface area contributed by atoms with E-state index in [4.69, 9.17) is 0 Å². The third kappa shape index (κ3) is 3.00. The van der Waals surface area contributed by atoms with Crippen molar-refractivity contribution in [3.8, 4) is 0 Å². The average molecular weight is 375 g/mol. The lowest BCUT2D eigenvalue weighted by atomic mass is 9.95. The Morgan fingerprint density at radius 2 is 1.96 bits per heavy atom. The van der Waals surface area contributed by atoms with Crippen molar-refractivity contribution < 1.29 is 9.90 Å². The van der Waals surface area contributed by atoms with E-state index in [1.807, 2.05) is 29.2 Å². The van der Waals surface area contributed by atoms with E-state index in [1.165, 1.54) is 29.5 Å². The summed E-state index contributed by atoms with van der Waals surface area (Å²) < 4.78 is 0. The molecule has 2 atom stereocenters. The molecule has 2 N–H and O–H groups in total. The van der Waals surface area contributed by atoms with Gasteiger partial charge in [-0.25, -0.2) is 0 Å². The molecule has 1 fully saturated rings. The maximum absolute atomic E-state index is 13.3. The number of hydrogen-bond acceptors (Lipinski definition) is 3. The van der Waals surface area contributed by atoms with Crippen molar-refractivity contribution in [2.45, 2.75) is 38.2 Å². The first-order valence-electron chi connectivity index (χ1n) is 10.2. The number of aliphatic hydroxyl groups excluding tert-OH is 1. The molecule has 0 saturated carbocycles. The van der Waals surface area contributed by atoms with Gasteiger partial charge in [0.2, 0.25) is 0 Å². The Balaban J connectivity index is 1.40. The standard InChI is InChI=1S/C23H25N3O2/c27-21-14-26(13-16(21)12-15-8-10-24-11-9-15)23(28)19-6-3-5-18-17-4-1-2-7-20(17)25-22(18)19/h3,5-6,8-11,16,21,25,27H,1-2,4,7,12-14H2. The molecular weight excluding hydrogens is 350 g/mol. The number of fused-ring (bicyclic) bond motifs is 3. The van der Waals surface area contributed by atoms with Gasteiger partial charge >= 0.3 is 0 Å². The number of pyridine rings is 1. The van der Waals surface area contributed by atoms with Gasteiger partial charge in [-0.05, 0) is 61.4 Å². The Bertz CT molecular complexity index is 1010. The van der Waals surface area contributed by atoms with Crippen LogP contribution in [0.15, 0.2) is 42.7 Å². The maximum Gasteiger partial charge on any atom is 0.256 e. The number of aliphatic hydroxyl groups is 1. The van der Waals surface area contributed by atoms with Crippen molar-refractivity contribution in [1.82, 2.24) is 14.9 Å². The third-order valence-corrected chi connectivity index (χ3v) is 6.30. The summed E-state index contributed by atoms with van der Waals surface area (Å²) in [5, 5.41) is 11.7. The molecule has 1 aliphatic carbocycles. The van der Waals surface area contributed by atoms with E-state index in [9.17, 15) is 9.90 Å². The molecule has 3 heterocycles. The van der Waals surface area contributed by atoms with Gasteiger partial charge in [0, 0.05) is 42.5 Å². The minimum atomic E-state index is -0.492. The van der Waals surface area contributed by atoms with Crippen LogP contribution in [0.3, 0.4) is 0 Å². The number of rotatable bonds is 3. The predicted molar refractivity (Wildman–Crippen MR) is 108 cm³/mol. The number of likely N-dealkylation sites (tertiary alicyclic amines) is 1. The van der Waals surface area contributed by atoms with Crippen LogP contribution in [-0.2, 0) is 19.3 Å². The second-order valence-electron chi connectivity index (χ2n) is 8.11. The molecule has 0 radical (unpaired) electrons. The molecule has 2 aliphatic rings. The van der Waals surface area contributed by atoms with Crippen LogP contribution in [0.4, 0.5) is 0 Å². The fourth-order valence-electron chi connectivity index (χ4n) is 4.82. The summed E-state index contributed by atoms with van der Waals surface area (Å²) in [5.74, 6) is 0.0721. The number of H-pyrrole nitrogens is 1. The second kappa shape index (κ2) is 7.06. The zero-order valence-electron chi connectivity index (χ0n) is 15.9. The van der Waals surface area contributed by atoms with Gasteiger partial charge in [0.1, 0.15) is 0 Å². The fraction of sp³-hybridized carbons (Fsp3) is 0.391. The fourth-order valence-corrected chi connectivity index (χ4v) is 4.82. The van der Waals surface area contributed by atoms with Crippen molar-refractivity contribution in [1.29, 1.82) is 0 Å². The Hall–Kier alpha value is -2.66. The van der Waals surface area contributed by atoms with Crippen LogP contribution < -0.4 is 0 Å². The highest BCUT2D eigenvalue weighted by molar-refractivity contribution is 6.07. The largest absolute Gasteiger partial charge is 0.391 e. The number of nitrogens with one attached hydrogen (secondary N) is 1. The molecule has 5 nitrogen and oxygen atoms in total. The summed E-state index contributed by atoms with van der Waals surface area (Å²) in [6.45, 7) is 0.977. The highest BCUT2D eigenvalue weighted by Gasteiger charge is 2.35. The van der Waals surface area contributed by atoms with E-state index in [0.717, 1.165) is 35.9 Å². The molecule has 144 valence electrons. The molecule has 0 bridgehead atoms. The number of carbonyl (C=O) groups is 1. The number of benzene rings is 1. The Morgan fingerprint density at radius 1 is 1.14 bits per heavy atom. The third-order valence-electron chi connectivity index (χ3n) is 6.30. The molecule has 2 aromatic heterocycles. The van der Waals surface area contributed by atoms with Crippen molar-refractivity contribution in [2.24, 2.45) is 5.92 Å². The number of aromatic nitrogens is 2. The van der Waals surface area contributed by atoms with Gasteiger partial charge < -0.3 is 15.0 Å². The van der Waals surface area contributed by atoms with Crippen molar-refractivity contribution in [3.05, 3.63) is 65.1 Å². The Kier molecular flexibility index (Phi) is 4.40. The molecule has 5 rings (SSSR count). The summed E-state index contributed by atoms with van der Waals surface area (Å²) in [7, 11) is 0. The number of aromatic amines is 1. The average Bonchev–Trinajstić information content (AvgIpc) is 3.29. The highest BCUT2D eigenvalue weighted by atomic mass is 16.3. The lowest BCUT2D eigenvalue weighted by molar-refractivity contribution is 0.0766. The van der Waals surface area contributed by atoms with Gasteiger partial charge in [0.15, 0.2) is 0 Å². The smallest absolute Gasteiger partial charge is 0.256 e. The summed E-state index contributed by atoms with van der Waals surface area (Å²) in [4.78, 5) is 22.7. The van der Waals surface area contributed by atoms with Crippen LogP contribution in [0.5, 0.6) is 0 Å². The number of amides is 1. The molecule has 2 unspecified atom stereocenters. The normalized spacial score (nSPS) is 21.8. The van der Waals surface area contributed by atoms with E-state index in [1.54, 1.807) is 12.4 Å². The number of carbonyl (C=O) groups excluding carboxylic acids is 1. The van der Waals surface area contributed by atoms with Crippen molar-refractivity contribution in [2.75, 3.05) is 13.1 Å². The number of nitrogens with zero attached hydrogens (tertiary/aromatic N) is 2. The Morgan fingerprint density at radius 3 is 2.82 bits per heavy atom. The van der Waals surface area contributed by atoms with Crippen LogP contribution in [0, 0.1) is 5.92 Å². The first kappa shape index (κ1) is 17.4. The molecule has 1 aromatic carbocycles. The van der Waals surface area contributed by atoms with Crippen molar-refractivity contribution >= 4 is 16.8 Å². The zero-order chi connectivity index (χ0) is 19.1. The lowest BCUT2D eigenvalue weighted by Crippen LogP contribution is -2.29. The van der Waals surface area contributed by atoms with Crippen LogP contribution in [0.2, 0.25) is 0 Å². The van der Waals surface area contributed by atoms with E-state index < -0.39 is 6.10 Å². The monoisotopic (exact) mass is 375 g/mol. The minimum absolute atomic E-state index is 0.0143. The van der Waals surface area contributed by atoms with Gasteiger partial charge in [-0.2, -0.15) is 0 Å². The van der Waals surface area contributed by atoms with Gasteiger partial charge in [-0.1, -0.05) is 12.1 Å². The summed E-state index contributed by atoms with van der Waals surface area (Å²) in [5.41, 5.74) is 5.51. The zero-order valence-corrected chi connectivity index (χ0v) is 15.9. The number of hydrogen-bond donors (Lipinski definition) is 2. The topological polar surface area (TPSA) is 69.2 Å². The molecule has 0 spiro atoms. The quantitative estimate of drug-likeness (QED) is 0.739. The molecule has 28 heavy (non-hydrogen) atoms.